The molecule has 0 unspecified atom stereocenters. The standard InChI is InChI=1S/C25H34N2O2/c1-7-20(5)26-25(29)21(6)27(16-22-11-8-17(2)9-12-22)24(28)15-23-13-10-18(3)19(4)14-23/h8-14,20-21H,7,15-16H2,1-6H3,(H,26,29)/t20-,21-/m0/s1. The molecule has 156 valence electrons. The van der Waals surface area contributed by atoms with Gasteiger partial charge in [-0.15, -0.1) is 0 Å². The fourth-order valence-corrected chi connectivity index (χ4v) is 3.13. The molecule has 0 aliphatic rings. The summed E-state index contributed by atoms with van der Waals surface area (Å²) >= 11 is 0. The molecule has 0 saturated carbocycles. The number of nitrogens with zero attached hydrogens (tertiary/aromatic N) is 1. The number of carbonyl (C=O) groups is 2. The number of rotatable bonds is 8. The molecule has 0 spiro atoms. The number of amides is 2. The predicted octanol–water partition coefficient (Wildman–Crippen LogP) is 4.49. The van der Waals surface area contributed by atoms with Gasteiger partial charge < -0.3 is 10.2 Å². The van der Waals surface area contributed by atoms with Crippen LogP contribution in [0.4, 0.5) is 0 Å². The van der Waals surface area contributed by atoms with E-state index < -0.39 is 6.04 Å². The van der Waals surface area contributed by atoms with Crippen molar-refractivity contribution in [2.24, 2.45) is 0 Å². The van der Waals surface area contributed by atoms with Gasteiger partial charge >= 0.3 is 0 Å². The lowest BCUT2D eigenvalue weighted by atomic mass is 10.0. The van der Waals surface area contributed by atoms with Crippen molar-refractivity contribution >= 4 is 11.8 Å². The van der Waals surface area contributed by atoms with E-state index in [0.29, 0.717) is 6.54 Å². The van der Waals surface area contributed by atoms with Crippen molar-refractivity contribution in [3.8, 4) is 0 Å². The monoisotopic (exact) mass is 394 g/mol. The largest absolute Gasteiger partial charge is 0.352 e. The van der Waals surface area contributed by atoms with E-state index in [1.54, 1.807) is 4.90 Å². The molecule has 29 heavy (non-hydrogen) atoms. The Hall–Kier alpha value is -2.62. The Kier molecular flexibility index (Phi) is 8.00. The third kappa shape index (κ3) is 6.45. The van der Waals surface area contributed by atoms with Crippen molar-refractivity contribution < 1.29 is 9.59 Å². The summed E-state index contributed by atoms with van der Waals surface area (Å²) in [6, 6.07) is 13.7. The second-order valence-electron chi connectivity index (χ2n) is 8.10. The third-order valence-corrected chi connectivity index (χ3v) is 5.57. The summed E-state index contributed by atoms with van der Waals surface area (Å²) in [5.41, 5.74) is 5.54. The molecule has 0 heterocycles. The van der Waals surface area contributed by atoms with Crippen LogP contribution in [0.25, 0.3) is 0 Å². The van der Waals surface area contributed by atoms with Crippen molar-refractivity contribution in [2.45, 2.75) is 73.0 Å². The second-order valence-corrected chi connectivity index (χ2v) is 8.10. The number of hydrogen-bond acceptors (Lipinski definition) is 2. The molecule has 0 aromatic heterocycles. The molecule has 0 saturated heterocycles. The summed E-state index contributed by atoms with van der Waals surface area (Å²) < 4.78 is 0. The van der Waals surface area contributed by atoms with E-state index in [4.69, 9.17) is 0 Å². The van der Waals surface area contributed by atoms with Gasteiger partial charge in [-0.3, -0.25) is 9.59 Å². The fourth-order valence-electron chi connectivity index (χ4n) is 3.13. The zero-order valence-corrected chi connectivity index (χ0v) is 18.6. The molecule has 0 aliphatic carbocycles. The van der Waals surface area contributed by atoms with E-state index in [0.717, 1.165) is 17.5 Å². The highest BCUT2D eigenvalue weighted by Crippen LogP contribution is 2.15. The van der Waals surface area contributed by atoms with Crippen LogP contribution in [0.15, 0.2) is 42.5 Å². The Morgan fingerprint density at radius 3 is 2.14 bits per heavy atom. The molecular weight excluding hydrogens is 360 g/mol. The smallest absolute Gasteiger partial charge is 0.242 e. The molecule has 2 atom stereocenters. The van der Waals surface area contributed by atoms with Gasteiger partial charge in [0.15, 0.2) is 0 Å². The van der Waals surface area contributed by atoms with Crippen LogP contribution in [-0.2, 0) is 22.6 Å². The predicted molar refractivity (Wildman–Crippen MR) is 119 cm³/mol. The summed E-state index contributed by atoms with van der Waals surface area (Å²) in [6.07, 6.45) is 1.14. The summed E-state index contributed by atoms with van der Waals surface area (Å²) in [4.78, 5) is 27.7. The van der Waals surface area contributed by atoms with Crippen LogP contribution in [0, 0.1) is 20.8 Å². The van der Waals surface area contributed by atoms with Gasteiger partial charge in [-0.05, 0) is 63.3 Å². The second kappa shape index (κ2) is 10.2. The van der Waals surface area contributed by atoms with Crippen LogP contribution in [0.1, 0.15) is 55.0 Å². The van der Waals surface area contributed by atoms with Gasteiger partial charge in [0, 0.05) is 12.6 Å². The first-order valence-electron chi connectivity index (χ1n) is 10.4. The topological polar surface area (TPSA) is 49.4 Å². The highest BCUT2D eigenvalue weighted by atomic mass is 16.2. The van der Waals surface area contributed by atoms with E-state index in [2.05, 4.69) is 25.2 Å². The average Bonchev–Trinajstić information content (AvgIpc) is 2.69. The zero-order valence-electron chi connectivity index (χ0n) is 18.6. The minimum Gasteiger partial charge on any atom is -0.352 e. The number of carbonyl (C=O) groups excluding carboxylic acids is 2. The molecule has 2 aromatic carbocycles. The maximum Gasteiger partial charge on any atom is 0.242 e. The van der Waals surface area contributed by atoms with Crippen LogP contribution >= 0.6 is 0 Å². The Morgan fingerprint density at radius 2 is 1.55 bits per heavy atom. The number of aryl methyl sites for hydroxylation is 3. The van der Waals surface area contributed by atoms with Gasteiger partial charge in [-0.1, -0.05) is 55.0 Å². The van der Waals surface area contributed by atoms with Crippen molar-refractivity contribution in [3.63, 3.8) is 0 Å². The molecule has 2 rings (SSSR count). The lowest BCUT2D eigenvalue weighted by molar-refractivity contribution is -0.140. The van der Waals surface area contributed by atoms with Crippen molar-refractivity contribution in [3.05, 3.63) is 70.3 Å². The van der Waals surface area contributed by atoms with Crippen LogP contribution in [0.5, 0.6) is 0 Å². The lowest BCUT2D eigenvalue weighted by Gasteiger charge is -2.30. The Bertz CT molecular complexity index is 842. The van der Waals surface area contributed by atoms with E-state index in [1.165, 1.54) is 16.7 Å². The van der Waals surface area contributed by atoms with Crippen LogP contribution in [0.2, 0.25) is 0 Å². The number of hydrogen-bond donors (Lipinski definition) is 1. The summed E-state index contributed by atoms with van der Waals surface area (Å²) in [5, 5.41) is 3.01. The van der Waals surface area contributed by atoms with Gasteiger partial charge in [0.1, 0.15) is 6.04 Å². The Labute approximate surface area is 175 Å². The van der Waals surface area contributed by atoms with Gasteiger partial charge in [-0.25, -0.2) is 0 Å². The fraction of sp³-hybridized carbons (Fsp3) is 0.440. The van der Waals surface area contributed by atoms with E-state index in [9.17, 15) is 9.59 Å². The first-order chi connectivity index (χ1) is 13.7. The molecular formula is C25H34N2O2. The average molecular weight is 395 g/mol. The van der Waals surface area contributed by atoms with Gasteiger partial charge in [0.25, 0.3) is 0 Å². The van der Waals surface area contributed by atoms with Crippen molar-refractivity contribution in [1.82, 2.24) is 10.2 Å². The van der Waals surface area contributed by atoms with Crippen molar-refractivity contribution in [2.75, 3.05) is 0 Å². The van der Waals surface area contributed by atoms with E-state index >= 15 is 0 Å². The van der Waals surface area contributed by atoms with Gasteiger partial charge in [0.2, 0.25) is 11.8 Å². The molecule has 4 nitrogen and oxygen atoms in total. The van der Waals surface area contributed by atoms with E-state index in [1.807, 2.05) is 64.1 Å². The molecule has 0 aliphatic heterocycles. The SMILES string of the molecule is CC[C@H](C)NC(=O)[C@H](C)N(Cc1ccc(C)cc1)C(=O)Cc1ccc(C)c(C)c1. The molecule has 1 N–H and O–H groups in total. The van der Waals surface area contributed by atoms with E-state index in [-0.39, 0.29) is 24.3 Å². The Balaban J connectivity index is 2.23. The highest BCUT2D eigenvalue weighted by molar-refractivity contribution is 5.88. The molecule has 0 bridgehead atoms. The first-order valence-corrected chi connectivity index (χ1v) is 10.4. The molecule has 2 aromatic rings. The Morgan fingerprint density at radius 1 is 0.931 bits per heavy atom. The molecule has 0 fully saturated rings. The van der Waals surface area contributed by atoms with Crippen LogP contribution < -0.4 is 5.32 Å². The van der Waals surface area contributed by atoms with Gasteiger partial charge in [-0.2, -0.15) is 0 Å². The van der Waals surface area contributed by atoms with Crippen LogP contribution in [0.3, 0.4) is 0 Å². The van der Waals surface area contributed by atoms with Gasteiger partial charge in [0.05, 0.1) is 6.42 Å². The minimum absolute atomic E-state index is 0.0411. The maximum atomic E-state index is 13.2. The van der Waals surface area contributed by atoms with Crippen LogP contribution in [-0.4, -0.2) is 28.8 Å². The summed E-state index contributed by atoms with van der Waals surface area (Å²) in [6.45, 7) is 12.4. The number of benzene rings is 2. The normalized spacial score (nSPS) is 12.9. The highest BCUT2D eigenvalue weighted by Gasteiger charge is 2.26. The quantitative estimate of drug-likeness (QED) is 0.717. The maximum absolute atomic E-state index is 13.2. The van der Waals surface area contributed by atoms with Crippen molar-refractivity contribution in [1.29, 1.82) is 0 Å². The lowest BCUT2D eigenvalue weighted by Crippen LogP contribution is -2.49. The minimum atomic E-state index is -0.538. The molecule has 0 radical (unpaired) electrons. The number of nitrogens with one attached hydrogen (secondary N) is 1. The first kappa shape index (κ1) is 22.7. The molecule has 4 heteroatoms. The summed E-state index contributed by atoms with van der Waals surface area (Å²) in [5.74, 6) is -0.152. The molecule has 2 amide bonds. The zero-order chi connectivity index (χ0) is 21.6. The summed E-state index contributed by atoms with van der Waals surface area (Å²) in [7, 11) is 0. The third-order valence-electron chi connectivity index (χ3n) is 5.57.